The Morgan fingerprint density at radius 3 is 2.30 bits per heavy atom. The van der Waals surface area contributed by atoms with Gasteiger partial charge in [-0.15, -0.1) is 0 Å². The van der Waals surface area contributed by atoms with E-state index in [0.717, 1.165) is 13.0 Å². The number of fused-ring (bicyclic) bond motifs is 1. The maximum Gasteiger partial charge on any atom is 0.241 e. The van der Waals surface area contributed by atoms with Crippen molar-refractivity contribution in [3.63, 3.8) is 0 Å². The van der Waals surface area contributed by atoms with Crippen LogP contribution in [0, 0.1) is 0 Å². The van der Waals surface area contributed by atoms with Crippen LogP contribution in [0.1, 0.15) is 30.0 Å². The minimum absolute atomic E-state index is 0.0155. The first-order valence-corrected chi connectivity index (χ1v) is 9.83. The Hall–Kier alpha value is -2.17. The molecule has 0 aliphatic heterocycles. The zero-order valence-corrected chi connectivity index (χ0v) is 16.3. The van der Waals surface area contributed by atoms with E-state index >= 15 is 0 Å². The van der Waals surface area contributed by atoms with E-state index in [2.05, 4.69) is 46.6 Å². The Bertz CT molecular complexity index is 735. The van der Waals surface area contributed by atoms with Gasteiger partial charge < -0.3 is 10.4 Å². The molecule has 0 saturated carbocycles. The molecule has 0 fully saturated rings. The normalized spacial score (nSPS) is 16.1. The van der Waals surface area contributed by atoms with Gasteiger partial charge in [-0.1, -0.05) is 61.5 Å². The molecule has 2 N–H and O–H groups in total. The first kappa shape index (κ1) is 19.6. The molecule has 0 bridgehead atoms. The quantitative estimate of drug-likeness (QED) is 0.755. The van der Waals surface area contributed by atoms with Gasteiger partial charge in [0, 0.05) is 25.9 Å². The molecular formula is C23H30N2O2. The predicted octanol–water partition coefficient (Wildman–Crippen LogP) is 2.59. The van der Waals surface area contributed by atoms with Crippen LogP contribution < -0.4 is 5.32 Å². The smallest absolute Gasteiger partial charge is 0.241 e. The lowest BCUT2D eigenvalue weighted by Crippen LogP contribution is -2.59. The molecule has 0 radical (unpaired) electrons. The first-order chi connectivity index (χ1) is 13.0. The maximum absolute atomic E-state index is 13.2. The molecule has 3 rings (SSSR count). The van der Waals surface area contributed by atoms with Gasteiger partial charge in [-0.25, -0.2) is 0 Å². The molecule has 4 nitrogen and oxygen atoms in total. The Kier molecular flexibility index (Phi) is 6.30. The minimum Gasteiger partial charge on any atom is -0.391 e. The number of carbonyl (C=O) groups is 1. The van der Waals surface area contributed by atoms with Crippen molar-refractivity contribution >= 4 is 5.91 Å². The van der Waals surface area contributed by atoms with E-state index in [1.54, 1.807) is 0 Å². The lowest BCUT2D eigenvalue weighted by Gasteiger charge is -2.37. The maximum atomic E-state index is 13.2. The number of hydrogen-bond acceptors (Lipinski definition) is 3. The summed E-state index contributed by atoms with van der Waals surface area (Å²) in [7, 11) is 2.05. The lowest BCUT2D eigenvalue weighted by molar-refractivity contribution is -0.133. The molecule has 0 spiro atoms. The van der Waals surface area contributed by atoms with Crippen LogP contribution in [0.5, 0.6) is 0 Å². The zero-order chi connectivity index (χ0) is 19.3. The van der Waals surface area contributed by atoms with Crippen molar-refractivity contribution < 1.29 is 9.90 Å². The monoisotopic (exact) mass is 366 g/mol. The molecule has 0 aromatic heterocycles. The van der Waals surface area contributed by atoms with E-state index in [9.17, 15) is 9.90 Å². The van der Waals surface area contributed by atoms with Gasteiger partial charge in [-0.2, -0.15) is 0 Å². The highest BCUT2D eigenvalue weighted by Crippen LogP contribution is 2.34. The molecule has 4 heteroatoms. The Balaban J connectivity index is 1.77. The molecular weight excluding hydrogens is 336 g/mol. The molecule has 0 unspecified atom stereocenters. The third-order valence-electron chi connectivity index (χ3n) is 5.79. The number of carbonyl (C=O) groups excluding carboxylic acids is 1. The fourth-order valence-electron chi connectivity index (χ4n) is 3.87. The highest BCUT2D eigenvalue weighted by Gasteiger charge is 2.46. The molecule has 1 amide bonds. The summed E-state index contributed by atoms with van der Waals surface area (Å²) < 4.78 is 0. The van der Waals surface area contributed by atoms with Crippen molar-refractivity contribution in [2.75, 3.05) is 20.1 Å². The summed E-state index contributed by atoms with van der Waals surface area (Å²) in [4.78, 5) is 15.4. The number of nitrogens with one attached hydrogen (secondary N) is 1. The van der Waals surface area contributed by atoms with Crippen molar-refractivity contribution in [1.29, 1.82) is 0 Å². The van der Waals surface area contributed by atoms with E-state index in [4.69, 9.17) is 0 Å². The summed E-state index contributed by atoms with van der Waals surface area (Å²) in [5.41, 5.74) is 3.17. The van der Waals surface area contributed by atoms with Gasteiger partial charge in [0.25, 0.3) is 0 Å². The average molecular weight is 367 g/mol. The number of aliphatic hydroxyl groups excluding tert-OH is 1. The molecule has 0 saturated heterocycles. The second kappa shape index (κ2) is 8.68. The fourth-order valence-corrected chi connectivity index (χ4v) is 3.87. The molecule has 2 aromatic rings. The van der Waals surface area contributed by atoms with Crippen molar-refractivity contribution in [2.24, 2.45) is 0 Å². The number of hydrogen-bond donors (Lipinski definition) is 2. The number of rotatable bonds is 8. The highest BCUT2D eigenvalue weighted by atomic mass is 16.3. The van der Waals surface area contributed by atoms with E-state index in [1.807, 2.05) is 32.2 Å². The standard InChI is InChI=1S/C23H30N2O2/c1-3-21(26)17-24-22(27)23(15-19-11-7-8-12-20(19)16-23)25(2)14-13-18-9-5-4-6-10-18/h4-12,21,26H,3,13-17H2,1-2H3,(H,24,27)/t21-/m1/s1. The molecule has 144 valence electrons. The minimum atomic E-state index is -0.591. The molecule has 2 aromatic carbocycles. The van der Waals surface area contributed by atoms with Crippen molar-refractivity contribution in [1.82, 2.24) is 10.2 Å². The molecule has 1 aliphatic carbocycles. The second-order valence-electron chi connectivity index (χ2n) is 7.58. The Labute approximate surface area is 162 Å². The Morgan fingerprint density at radius 1 is 1.11 bits per heavy atom. The van der Waals surface area contributed by atoms with Gasteiger partial charge in [0.15, 0.2) is 0 Å². The largest absolute Gasteiger partial charge is 0.391 e. The van der Waals surface area contributed by atoms with E-state index in [0.29, 0.717) is 25.8 Å². The molecule has 1 atom stereocenters. The van der Waals surface area contributed by atoms with Crippen LogP contribution in [0.4, 0.5) is 0 Å². The predicted molar refractivity (Wildman–Crippen MR) is 109 cm³/mol. The highest BCUT2D eigenvalue weighted by molar-refractivity contribution is 5.88. The van der Waals surface area contributed by atoms with Crippen LogP contribution in [0.3, 0.4) is 0 Å². The third-order valence-corrected chi connectivity index (χ3v) is 5.79. The third kappa shape index (κ3) is 4.40. The average Bonchev–Trinajstić information content (AvgIpc) is 3.11. The summed E-state index contributed by atoms with van der Waals surface area (Å²) in [5.74, 6) is 0.0155. The van der Waals surface area contributed by atoms with Crippen LogP contribution in [-0.2, 0) is 24.1 Å². The van der Waals surface area contributed by atoms with Crippen LogP contribution in [0.15, 0.2) is 54.6 Å². The van der Waals surface area contributed by atoms with Gasteiger partial charge in [0.05, 0.1) is 6.10 Å². The number of likely N-dealkylation sites (N-methyl/N-ethyl adjacent to an activating group) is 1. The van der Waals surface area contributed by atoms with Crippen molar-refractivity contribution in [3.8, 4) is 0 Å². The summed E-state index contributed by atoms with van der Waals surface area (Å²) in [6.07, 6.45) is 2.47. The molecule has 1 aliphatic rings. The van der Waals surface area contributed by atoms with Crippen LogP contribution in [-0.4, -0.2) is 47.7 Å². The number of amides is 1. The molecule has 27 heavy (non-hydrogen) atoms. The first-order valence-electron chi connectivity index (χ1n) is 9.83. The Morgan fingerprint density at radius 2 is 1.70 bits per heavy atom. The second-order valence-corrected chi connectivity index (χ2v) is 7.58. The zero-order valence-electron chi connectivity index (χ0n) is 16.3. The van der Waals surface area contributed by atoms with Gasteiger partial charge in [-0.3, -0.25) is 9.69 Å². The van der Waals surface area contributed by atoms with Crippen molar-refractivity contribution in [3.05, 3.63) is 71.3 Å². The lowest BCUT2D eigenvalue weighted by atomic mass is 9.91. The van der Waals surface area contributed by atoms with Crippen LogP contribution in [0.2, 0.25) is 0 Å². The van der Waals surface area contributed by atoms with E-state index in [-0.39, 0.29) is 5.91 Å². The van der Waals surface area contributed by atoms with Gasteiger partial charge in [0.1, 0.15) is 5.54 Å². The van der Waals surface area contributed by atoms with Gasteiger partial charge in [0.2, 0.25) is 5.91 Å². The summed E-state index contributed by atoms with van der Waals surface area (Å²) in [5, 5.41) is 12.9. The van der Waals surface area contributed by atoms with Crippen molar-refractivity contribution in [2.45, 2.75) is 44.2 Å². The fraction of sp³-hybridized carbons (Fsp3) is 0.435. The van der Waals surface area contributed by atoms with Crippen LogP contribution >= 0.6 is 0 Å². The van der Waals surface area contributed by atoms with Gasteiger partial charge >= 0.3 is 0 Å². The summed E-state index contributed by atoms with van der Waals surface area (Å²) in [6, 6.07) is 18.7. The summed E-state index contributed by atoms with van der Waals surface area (Å²) in [6.45, 7) is 3.03. The topological polar surface area (TPSA) is 52.6 Å². The number of aliphatic hydroxyl groups is 1. The SMILES string of the molecule is CC[C@@H](O)CNC(=O)C1(N(C)CCc2ccccc2)Cc2ccccc2C1. The van der Waals surface area contributed by atoms with E-state index in [1.165, 1.54) is 16.7 Å². The number of nitrogens with zero attached hydrogens (tertiary/aromatic N) is 1. The molecule has 0 heterocycles. The van der Waals surface area contributed by atoms with E-state index < -0.39 is 11.6 Å². The summed E-state index contributed by atoms with van der Waals surface area (Å²) >= 11 is 0. The number of benzene rings is 2. The van der Waals surface area contributed by atoms with Crippen LogP contribution in [0.25, 0.3) is 0 Å². The van der Waals surface area contributed by atoms with Gasteiger partial charge in [-0.05, 0) is 36.6 Å².